The molecule has 0 fully saturated rings. The quantitative estimate of drug-likeness (QED) is 0.856. The van der Waals surface area contributed by atoms with Crippen LogP contribution in [0.2, 0.25) is 0 Å². The number of likely N-dealkylation sites (N-methyl/N-ethyl adjacent to an activating group) is 1. The predicted molar refractivity (Wildman–Crippen MR) is 72.0 cm³/mol. The van der Waals surface area contributed by atoms with Crippen LogP contribution in [0.1, 0.15) is 25.8 Å². The molecule has 2 rings (SSSR count). The average molecular weight is 248 g/mol. The fourth-order valence-electron chi connectivity index (χ4n) is 1.98. The van der Waals surface area contributed by atoms with Crippen LogP contribution in [0.4, 0.5) is 5.69 Å². The summed E-state index contributed by atoms with van der Waals surface area (Å²) in [5.74, 6) is 0.952. The Labute approximate surface area is 108 Å². The van der Waals surface area contributed by atoms with Crippen molar-refractivity contribution in [3.05, 3.63) is 23.8 Å². The summed E-state index contributed by atoms with van der Waals surface area (Å²) in [6.07, 6.45) is 1.44. The number of carbonyl (C=O) groups excluding carboxylic acids is 1. The molecule has 0 aromatic heterocycles. The molecule has 0 bridgehead atoms. The summed E-state index contributed by atoms with van der Waals surface area (Å²) in [5, 5.41) is 6.04. The second-order valence-corrected chi connectivity index (χ2v) is 4.77. The molecule has 0 radical (unpaired) electrons. The Hall–Kier alpha value is -1.55. The van der Waals surface area contributed by atoms with Crippen LogP contribution in [0.25, 0.3) is 0 Å². The number of amides is 1. The molecule has 98 valence electrons. The molecule has 4 nitrogen and oxygen atoms in total. The Morgan fingerprint density at radius 1 is 1.33 bits per heavy atom. The van der Waals surface area contributed by atoms with Crippen molar-refractivity contribution < 1.29 is 9.53 Å². The summed E-state index contributed by atoms with van der Waals surface area (Å²) in [6.45, 7) is 4.13. The second kappa shape index (κ2) is 5.40. The van der Waals surface area contributed by atoms with Crippen LogP contribution in [0.5, 0.6) is 5.75 Å². The lowest BCUT2D eigenvalue weighted by Gasteiger charge is -2.23. The van der Waals surface area contributed by atoms with Crippen LogP contribution in [0.3, 0.4) is 0 Å². The molecule has 1 heterocycles. The van der Waals surface area contributed by atoms with Crippen LogP contribution in [-0.2, 0) is 11.2 Å². The lowest BCUT2D eigenvalue weighted by molar-refractivity contribution is -0.116. The van der Waals surface area contributed by atoms with Crippen LogP contribution in [-0.4, -0.2) is 25.1 Å². The molecule has 4 heteroatoms. The lowest BCUT2D eigenvalue weighted by Crippen LogP contribution is -2.36. The van der Waals surface area contributed by atoms with Crippen LogP contribution < -0.4 is 15.4 Å². The number of ether oxygens (including phenoxy) is 1. The Morgan fingerprint density at radius 3 is 2.83 bits per heavy atom. The fraction of sp³-hybridized carbons (Fsp3) is 0.500. The van der Waals surface area contributed by atoms with Gasteiger partial charge in [-0.2, -0.15) is 0 Å². The molecule has 2 atom stereocenters. The molecule has 1 amide bonds. The Bertz CT molecular complexity index is 445. The third-order valence-electron chi connectivity index (χ3n) is 3.45. The van der Waals surface area contributed by atoms with Crippen LogP contribution in [0, 0.1) is 0 Å². The molecule has 0 saturated carbocycles. The highest BCUT2D eigenvalue weighted by Crippen LogP contribution is 2.27. The first-order chi connectivity index (χ1) is 8.60. The molecule has 1 aliphatic rings. The van der Waals surface area contributed by atoms with Crippen molar-refractivity contribution in [1.29, 1.82) is 0 Å². The normalized spacial score (nSPS) is 17.6. The highest BCUT2D eigenvalue weighted by Gasteiger charge is 2.16. The van der Waals surface area contributed by atoms with Crippen molar-refractivity contribution in [1.82, 2.24) is 5.32 Å². The number of benzene rings is 1. The number of fused-ring (bicyclic) bond motifs is 1. The van der Waals surface area contributed by atoms with Crippen molar-refractivity contribution >= 4 is 11.6 Å². The molecule has 1 aromatic carbocycles. The van der Waals surface area contributed by atoms with E-state index in [9.17, 15) is 4.79 Å². The second-order valence-electron chi connectivity index (χ2n) is 4.77. The first-order valence-corrected chi connectivity index (χ1v) is 6.37. The number of hydrogen-bond donors (Lipinski definition) is 2. The highest BCUT2D eigenvalue weighted by atomic mass is 16.5. The predicted octanol–water partition coefficient (Wildman–Crippen LogP) is 1.95. The standard InChI is InChI=1S/C14H20N2O2/c1-9(15-3)10(2)18-12-5-6-13-11(8-12)4-7-14(17)16-13/h5-6,8-10,15H,4,7H2,1-3H3,(H,16,17). The number of nitrogens with one attached hydrogen (secondary N) is 2. The summed E-state index contributed by atoms with van der Waals surface area (Å²) in [4.78, 5) is 11.3. The van der Waals surface area contributed by atoms with Crippen molar-refractivity contribution in [2.45, 2.75) is 38.8 Å². The van der Waals surface area contributed by atoms with E-state index in [1.54, 1.807) is 0 Å². The molecule has 0 aliphatic carbocycles. The van der Waals surface area contributed by atoms with E-state index in [2.05, 4.69) is 17.6 Å². The maximum atomic E-state index is 11.3. The SMILES string of the molecule is CNC(C)C(C)Oc1ccc2c(c1)CCC(=O)N2. The topological polar surface area (TPSA) is 50.4 Å². The molecular formula is C14H20N2O2. The van der Waals surface area contributed by atoms with E-state index < -0.39 is 0 Å². The summed E-state index contributed by atoms with van der Waals surface area (Å²) in [5.41, 5.74) is 2.06. The van der Waals surface area contributed by atoms with E-state index in [0.717, 1.165) is 23.4 Å². The fourth-order valence-corrected chi connectivity index (χ4v) is 1.98. The minimum Gasteiger partial charge on any atom is -0.489 e. The lowest BCUT2D eigenvalue weighted by atomic mass is 10.0. The summed E-state index contributed by atoms with van der Waals surface area (Å²) < 4.78 is 5.88. The van der Waals surface area contributed by atoms with E-state index in [1.807, 2.05) is 32.2 Å². The van der Waals surface area contributed by atoms with Crippen LogP contribution >= 0.6 is 0 Å². The molecule has 1 aromatic rings. The van der Waals surface area contributed by atoms with E-state index in [4.69, 9.17) is 4.74 Å². The zero-order valence-corrected chi connectivity index (χ0v) is 11.1. The zero-order chi connectivity index (χ0) is 13.1. The molecule has 2 N–H and O–H groups in total. The average Bonchev–Trinajstić information content (AvgIpc) is 2.38. The number of rotatable bonds is 4. The van der Waals surface area contributed by atoms with Gasteiger partial charge in [0.25, 0.3) is 0 Å². The molecule has 0 saturated heterocycles. The van der Waals surface area contributed by atoms with Gasteiger partial charge in [0, 0.05) is 18.2 Å². The van der Waals surface area contributed by atoms with Gasteiger partial charge in [-0.15, -0.1) is 0 Å². The third-order valence-corrected chi connectivity index (χ3v) is 3.45. The molecule has 2 unspecified atom stereocenters. The first-order valence-electron chi connectivity index (χ1n) is 6.37. The maximum Gasteiger partial charge on any atom is 0.224 e. The smallest absolute Gasteiger partial charge is 0.224 e. The van der Waals surface area contributed by atoms with Gasteiger partial charge in [-0.05, 0) is 51.1 Å². The molecular weight excluding hydrogens is 228 g/mol. The van der Waals surface area contributed by atoms with Crippen molar-refractivity contribution in [3.63, 3.8) is 0 Å². The largest absolute Gasteiger partial charge is 0.489 e. The third kappa shape index (κ3) is 2.82. The number of hydrogen-bond acceptors (Lipinski definition) is 3. The number of carbonyl (C=O) groups is 1. The van der Waals surface area contributed by atoms with Crippen molar-refractivity contribution in [2.75, 3.05) is 12.4 Å². The van der Waals surface area contributed by atoms with Gasteiger partial charge in [0.1, 0.15) is 11.9 Å². The Morgan fingerprint density at radius 2 is 2.11 bits per heavy atom. The maximum absolute atomic E-state index is 11.3. The van der Waals surface area contributed by atoms with Gasteiger partial charge in [-0.3, -0.25) is 4.79 Å². The monoisotopic (exact) mass is 248 g/mol. The van der Waals surface area contributed by atoms with Gasteiger partial charge in [-0.25, -0.2) is 0 Å². The highest BCUT2D eigenvalue weighted by molar-refractivity contribution is 5.93. The Kier molecular flexibility index (Phi) is 3.87. The van der Waals surface area contributed by atoms with Gasteiger partial charge in [0.15, 0.2) is 0 Å². The van der Waals surface area contributed by atoms with E-state index in [-0.39, 0.29) is 12.0 Å². The van der Waals surface area contributed by atoms with E-state index >= 15 is 0 Å². The Balaban J connectivity index is 2.09. The molecule has 1 aliphatic heterocycles. The van der Waals surface area contributed by atoms with E-state index in [1.165, 1.54) is 0 Å². The van der Waals surface area contributed by atoms with Gasteiger partial charge in [0.05, 0.1) is 0 Å². The van der Waals surface area contributed by atoms with Crippen molar-refractivity contribution in [2.24, 2.45) is 0 Å². The minimum absolute atomic E-state index is 0.0911. The first kappa shape index (κ1) is 12.9. The molecule has 0 spiro atoms. The van der Waals surface area contributed by atoms with Gasteiger partial charge >= 0.3 is 0 Å². The number of anilines is 1. The van der Waals surface area contributed by atoms with Crippen molar-refractivity contribution in [3.8, 4) is 5.75 Å². The van der Waals surface area contributed by atoms with Gasteiger partial charge < -0.3 is 15.4 Å². The van der Waals surface area contributed by atoms with Gasteiger partial charge in [0.2, 0.25) is 5.91 Å². The summed E-state index contributed by atoms with van der Waals surface area (Å²) in [6, 6.07) is 6.14. The van der Waals surface area contributed by atoms with Gasteiger partial charge in [-0.1, -0.05) is 0 Å². The minimum atomic E-state index is 0.0911. The number of aryl methyl sites for hydroxylation is 1. The molecule has 18 heavy (non-hydrogen) atoms. The summed E-state index contributed by atoms with van der Waals surface area (Å²) in [7, 11) is 1.92. The zero-order valence-electron chi connectivity index (χ0n) is 11.1. The summed E-state index contributed by atoms with van der Waals surface area (Å²) >= 11 is 0. The van der Waals surface area contributed by atoms with Crippen LogP contribution in [0.15, 0.2) is 18.2 Å². The van der Waals surface area contributed by atoms with E-state index in [0.29, 0.717) is 12.5 Å².